The van der Waals surface area contributed by atoms with E-state index in [1.54, 1.807) is 42.5 Å². The van der Waals surface area contributed by atoms with Crippen LogP contribution in [-0.4, -0.2) is 18.9 Å². The van der Waals surface area contributed by atoms with Crippen LogP contribution >= 0.6 is 11.6 Å². The molecule has 8 heteroatoms. The summed E-state index contributed by atoms with van der Waals surface area (Å²) in [6.07, 6.45) is 0. The third-order valence-corrected chi connectivity index (χ3v) is 4.75. The van der Waals surface area contributed by atoms with Gasteiger partial charge in [-0.2, -0.15) is 0 Å². The molecule has 156 valence electrons. The van der Waals surface area contributed by atoms with Crippen molar-refractivity contribution in [1.82, 2.24) is 0 Å². The lowest BCUT2D eigenvalue weighted by Crippen LogP contribution is -2.13. The average molecular weight is 439 g/mol. The Morgan fingerprint density at radius 1 is 0.935 bits per heavy atom. The molecule has 4 rings (SSSR count). The molecule has 2 N–H and O–H groups in total. The van der Waals surface area contributed by atoms with E-state index in [1.807, 2.05) is 6.07 Å². The fourth-order valence-corrected chi connectivity index (χ4v) is 3.26. The number of furan rings is 1. The highest BCUT2D eigenvalue weighted by atomic mass is 35.5. The number of rotatable bonds is 5. The van der Waals surface area contributed by atoms with Crippen molar-refractivity contribution in [2.45, 2.75) is 0 Å². The van der Waals surface area contributed by atoms with Gasteiger partial charge in [0, 0.05) is 16.4 Å². The maximum Gasteiger partial charge on any atom is 0.295 e. The van der Waals surface area contributed by atoms with Gasteiger partial charge in [-0.05, 0) is 48.5 Å². The first-order chi connectivity index (χ1) is 15.0. The lowest BCUT2D eigenvalue weighted by Gasteiger charge is -2.07. The number of hydrogen-bond acceptors (Lipinski definition) is 4. The van der Waals surface area contributed by atoms with E-state index in [2.05, 4.69) is 10.6 Å². The first-order valence-electron chi connectivity index (χ1n) is 9.19. The molecule has 0 saturated heterocycles. The van der Waals surface area contributed by atoms with Crippen LogP contribution in [0.3, 0.4) is 0 Å². The van der Waals surface area contributed by atoms with Crippen LogP contribution < -0.4 is 15.4 Å². The van der Waals surface area contributed by atoms with Gasteiger partial charge in [0.05, 0.1) is 18.1 Å². The van der Waals surface area contributed by atoms with E-state index in [9.17, 15) is 14.0 Å². The summed E-state index contributed by atoms with van der Waals surface area (Å²) in [6.45, 7) is 0. The first-order valence-corrected chi connectivity index (χ1v) is 9.57. The topological polar surface area (TPSA) is 80.6 Å². The summed E-state index contributed by atoms with van der Waals surface area (Å²) in [4.78, 5) is 25.1. The van der Waals surface area contributed by atoms with Crippen molar-refractivity contribution in [2.24, 2.45) is 0 Å². The van der Waals surface area contributed by atoms with Crippen molar-refractivity contribution >= 4 is 45.8 Å². The van der Waals surface area contributed by atoms with Crippen LogP contribution in [0.4, 0.5) is 15.8 Å². The van der Waals surface area contributed by atoms with Gasteiger partial charge >= 0.3 is 0 Å². The van der Waals surface area contributed by atoms with Crippen LogP contribution in [0.15, 0.2) is 71.1 Å². The maximum absolute atomic E-state index is 14.0. The Bertz CT molecular complexity index is 1290. The van der Waals surface area contributed by atoms with Gasteiger partial charge in [0.2, 0.25) is 5.76 Å². The Kier molecular flexibility index (Phi) is 5.60. The SMILES string of the molecule is COc1c(C(=O)Nc2ccccc2)oc2ccc(NC(=O)c3cc(Cl)ccc3F)cc12. The van der Waals surface area contributed by atoms with Crippen molar-refractivity contribution in [3.63, 3.8) is 0 Å². The molecule has 0 aliphatic heterocycles. The molecule has 0 atom stereocenters. The molecule has 0 spiro atoms. The zero-order chi connectivity index (χ0) is 22.0. The maximum atomic E-state index is 14.0. The summed E-state index contributed by atoms with van der Waals surface area (Å²) < 4.78 is 25.0. The van der Waals surface area contributed by atoms with E-state index in [-0.39, 0.29) is 22.1 Å². The number of methoxy groups -OCH3 is 1. The van der Waals surface area contributed by atoms with Gasteiger partial charge in [-0.3, -0.25) is 9.59 Å². The molecule has 1 heterocycles. The highest BCUT2D eigenvalue weighted by molar-refractivity contribution is 6.31. The molecule has 0 radical (unpaired) electrons. The molecular formula is C23H16ClFN2O4. The quantitative estimate of drug-likeness (QED) is 0.416. The van der Waals surface area contributed by atoms with E-state index in [4.69, 9.17) is 20.8 Å². The number of amides is 2. The number of ether oxygens (including phenoxy) is 1. The van der Waals surface area contributed by atoms with Crippen molar-refractivity contribution in [1.29, 1.82) is 0 Å². The minimum atomic E-state index is -0.691. The number of fused-ring (bicyclic) bond motifs is 1. The second-order valence-corrected chi connectivity index (χ2v) is 7.01. The van der Waals surface area contributed by atoms with Gasteiger partial charge < -0.3 is 19.8 Å². The van der Waals surface area contributed by atoms with Crippen LogP contribution in [0.25, 0.3) is 11.0 Å². The normalized spacial score (nSPS) is 10.7. The van der Waals surface area contributed by atoms with E-state index in [0.29, 0.717) is 22.3 Å². The van der Waals surface area contributed by atoms with Gasteiger partial charge in [-0.25, -0.2) is 4.39 Å². The number of halogens is 2. The van der Waals surface area contributed by atoms with Crippen LogP contribution in [0.1, 0.15) is 20.9 Å². The van der Waals surface area contributed by atoms with Crippen molar-refractivity contribution in [3.8, 4) is 5.75 Å². The number of carbonyl (C=O) groups is 2. The van der Waals surface area contributed by atoms with Gasteiger partial charge in [0.15, 0.2) is 5.75 Å². The molecule has 6 nitrogen and oxygen atoms in total. The predicted molar refractivity (Wildman–Crippen MR) is 117 cm³/mol. The molecule has 0 saturated carbocycles. The van der Waals surface area contributed by atoms with Crippen molar-refractivity contribution in [3.05, 3.63) is 88.9 Å². The Morgan fingerprint density at radius 2 is 1.68 bits per heavy atom. The second-order valence-electron chi connectivity index (χ2n) is 6.57. The minimum absolute atomic E-state index is 0.00860. The van der Waals surface area contributed by atoms with Crippen LogP contribution in [0.2, 0.25) is 5.02 Å². The summed E-state index contributed by atoms with van der Waals surface area (Å²) in [7, 11) is 1.41. The molecular weight excluding hydrogens is 423 g/mol. The second kappa shape index (κ2) is 8.49. The Labute approximate surface area is 181 Å². The number of anilines is 2. The first kappa shape index (κ1) is 20.4. The predicted octanol–water partition coefficient (Wildman–Crippen LogP) is 5.74. The minimum Gasteiger partial charge on any atom is -0.492 e. The molecule has 3 aromatic carbocycles. The van der Waals surface area contributed by atoms with Crippen LogP contribution in [0.5, 0.6) is 5.75 Å². The monoisotopic (exact) mass is 438 g/mol. The summed E-state index contributed by atoms with van der Waals surface area (Å²) in [6, 6.07) is 17.4. The van der Waals surface area contributed by atoms with Crippen LogP contribution in [-0.2, 0) is 0 Å². The smallest absolute Gasteiger partial charge is 0.295 e. The molecule has 1 aromatic heterocycles. The van der Waals surface area contributed by atoms with Gasteiger partial charge in [-0.1, -0.05) is 29.8 Å². The fourth-order valence-electron chi connectivity index (χ4n) is 3.08. The lowest BCUT2D eigenvalue weighted by molar-refractivity contribution is 0.0992. The van der Waals surface area contributed by atoms with Gasteiger partial charge in [-0.15, -0.1) is 0 Å². The number of carbonyl (C=O) groups excluding carboxylic acids is 2. The molecule has 0 unspecified atom stereocenters. The molecule has 31 heavy (non-hydrogen) atoms. The number of hydrogen-bond donors (Lipinski definition) is 2. The zero-order valence-corrected chi connectivity index (χ0v) is 17.0. The van der Waals surface area contributed by atoms with Crippen molar-refractivity contribution in [2.75, 3.05) is 17.7 Å². The van der Waals surface area contributed by atoms with Crippen molar-refractivity contribution < 1.29 is 23.1 Å². The third-order valence-electron chi connectivity index (χ3n) is 4.52. The number of benzene rings is 3. The summed E-state index contributed by atoms with van der Waals surface area (Å²) in [5.41, 5.74) is 1.18. The number of para-hydroxylation sites is 1. The largest absolute Gasteiger partial charge is 0.492 e. The summed E-state index contributed by atoms with van der Waals surface area (Å²) in [5.74, 6) is -1.63. The summed E-state index contributed by atoms with van der Waals surface area (Å²) >= 11 is 5.86. The Morgan fingerprint density at radius 3 is 2.42 bits per heavy atom. The third kappa shape index (κ3) is 4.22. The van der Waals surface area contributed by atoms with E-state index in [1.165, 1.54) is 19.2 Å². The Balaban J connectivity index is 1.64. The van der Waals surface area contributed by atoms with Gasteiger partial charge in [0.25, 0.3) is 11.8 Å². The highest BCUT2D eigenvalue weighted by Crippen LogP contribution is 2.35. The average Bonchev–Trinajstić information content (AvgIpc) is 3.14. The molecule has 0 fully saturated rings. The van der Waals surface area contributed by atoms with E-state index >= 15 is 0 Å². The molecule has 2 amide bonds. The molecule has 4 aromatic rings. The number of nitrogens with one attached hydrogen (secondary N) is 2. The van der Waals surface area contributed by atoms with Crippen LogP contribution in [0, 0.1) is 5.82 Å². The zero-order valence-electron chi connectivity index (χ0n) is 16.2. The molecule has 0 bridgehead atoms. The Hall–Kier alpha value is -3.84. The van der Waals surface area contributed by atoms with Gasteiger partial charge in [0.1, 0.15) is 11.4 Å². The standard InChI is InChI=1S/C23H16ClFN2O4/c1-30-20-17-12-15(27-22(28)16-11-13(24)7-9-18(16)25)8-10-19(17)31-21(20)23(29)26-14-5-3-2-4-6-14/h2-12H,1H3,(H,26,29)(H,27,28). The lowest BCUT2D eigenvalue weighted by atomic mass is 10.1. The summed E-state index contributed by atoms with van der Waals surface area (Å²) in [5, 5.41) is 6.07. The molecule has 0 aliphatic rings. The fraction of sp³-hybridized carbons (Fsp3) is 0.0435. The molecule has 0 aliphatic carbocycles. The highest BCUT2D eigenvalue weighted by Gasteiger charge is 2.22. The van der Waals surface area contributed by atoms with E-state index in [0.717, 1.165) is 6.07 Å². The van der Waals surface area contributed by atoms with E-state index < -0.39 is 17.6 Å².